The van der Waals surface area contributed by atoms with Crippen LogP contribution in [0, 0.1) is 6.92 Å². The number of rotatable bonds is 8. The van der Waals surface area contributed by atoms with Crippen molar-refractivity contribution in [2.45, 2.75) is 26.2 Å². The molecule has 0 saturated carbocycles. The minimum Gasteiger partial charge on any atom is -0.352 e. The van der Waals surface area contributed by atoms with E-state index in [2.05, 4.69) is 15.3 Å². The van der Waals surface area contributed by atoms with Crippen LogP contribution in [0.1, 0.15) is 55.9 Å². The Labute approximate surface area is 209 Å². The number of nitrogens with one attached hydrogen (secondary N) is 1. The van der Waals surface area contributed by atoms with Gasteiger partial charge in [0.15, 0.2) is 0 Å². The first kappa shape index (κ1) is 23.4. The maximum Gasteiger partial charge on any atom is 0.261 e. The number of nitrogens with zero attached hydrogens (tertiary/aromatic N) is 3. The van der Waals surface area contributed by atoms with E-state index in [-0.39, 0.29) is 17.7 Å². The van der Waals surface area contributed by atoms with Crippen molar-refractivity contribution in [3.8, 4) is 11.4 Å². The average molecular weight is 479 g/mol. The molecule has 7 heteroatoms. The van der Waals surface area contributed by atoms with E-state index in [4.69, 9.17) is 0 Å². The molecule has 0 radical (unpaired) electrons. The third-order valence-corrected chi connectivity index (χ3v) is 6.40. The molecule has 0 saturated heterocycles. The van der Waals surface area contributed by atoms with E-state index in [1.54, 1.807) is 36.7 Å². The monoisotopic (exact) mass is 478 g/mol. The van der Waals surface area contributed by atoms with Crippen LogP contribution in [0.4, 0.5) is 0 Å². The number of pyridine rings is 2. The lowest BCUT2D eigenvalue weighted by molar-refractivity contribution is 0.0607. The van der Waals surface area contributed by atoms with Crippen LogP contribution in [0.5, 0.6) is 0 Å². The van der Waals surface area contributed by atoms with Crippen LogP contribution in [-0.4, -0.2) is 45.7 Å². The molecule has 0 bridgehead atoms. The number of aryl methyl sites for hydroxylation is 1. The maximum atomic E-state index is 13.0. The van der Waals surface area contributed by atoms with Gasteiger partial charge in [-0.1, -0.05) is 24.3 Å². The van der Waals surface area contributed by atoms with Gasteiger partial charge >= 0.3 is 0 Å². The molecule has 0 spiro atoms. The average Bonchev–Trinajstić information content (AvgIpc) is 2.90. The zero-order valence-corrected chi connectivity index (χ0v) is 20.0. The predicted molar refractivity (Wildman–Crippen MR) is 138 cm³/mol. The first-order valence-electron chi connectivity index (χ1n) is 12.1. The van der Waals surface area contributed by atoms with Crippen LogP contribution in [0.3, 0.4) is 0 Å². The summed E-state index contributed by atoms with van der Waals surface area (Å²) >= 11 is 0. The number of hydrogen-bond acceptors (Lipinski definition) is 5. The first-order chi connectivity index (χ1) is 17.5. The largest absolute Gasteiger partial charge is 0.352 e. The molecule has 1 N–H and O–H groups in total. The fourth-order valence-corrected chi connectivity index (χ4v) is 4.55. The van der Waals surface area contributed by atoms with Gasteiger partial charge in [0.25, 0.3) is 17.7 Å². The lowest BCUT2D eigenvalue weighted by Gasteiger charge is -2.27. The molecule has 0 aliphatic carbocycles. The molecule has 0 atom stereocenters. The number of amides is 3. The summed E-state index contributed by atoms with van der Waals surface area (Å²) in [5.41, 5.74) is 4.14. The Morgan fingerprint density at radius 3 is 2.19 bits per heavy atom. The van der Waals surface area contributed by atoms with Gasteiger partial charge < -0.3 is 5.32 Å². The molecule has 5 rings (SSSR count). The van der Waals surface area contributed by atoms with Crippen LogP contribution >= 0.6 is 0 Å². The molecule has 3 heterocycles. The van der Waals surface area contributed by atoms with E-state index in [0.29, 0.717) is 41.9 Å². The highest BCUT2D eigenvalue weighted by atomic mass is 16.2. The molecule has 0 fully saturated rings. The lowest BCUT2D eigenvalue weighted by Crippen LogP contribution is -2.40. The summed E-state index contributed by atoms with van der Waals surface area (Å²) < 4.78 is 0. The Balaban J connectivity index is 1.12. The zero-order chi connectivity index (χ0) is 25.1. The van der Waals surface area contributed by atoms with Gasteiger partial charge in [0.1, 0.15) is 0 Å². The smallest absolute Gasteiger partial charge is 0.261 e. The molecule has 1 aliphatic rings. The molecule has 1 aliphatic heterocycles. The molecule has 36 heavy (non-hydrogen) atoms. The molecule has 4 aromatic rings. The molecular formula is C29H26N4O3. The molecule has 2 aromatic heterocycles. The van der Waals surface area contributed by atoms with Gasteiger partial charge in [0.05, 0.1) is 11.4 Å². The van der Waals surface area contributed by atoms with E-state index in [9.17, 15) is 14.4 Å². The first-order valence-corrected chi connectivity index (χ1v) is 12.1. The highest BCUT2D eigenvalue weighted by molar-refractivity contribution is 6.25. The summed E-state index contributed by atoms with van der Waals surface area (Å²) in [7, 11) is 0. The maximum absolute atomic E-state index is 13.0. The topological polar surface area (TPSA) is 92.3 Å². The van der Waals surface area contributed by atoms with Gasteiger partial charge in [-0.15, -0.1) is 0 Å². The van der Waals surface area contributed by atoms with Crippen molar-refractivity contribution >= 4 is 28.5 Å². The Bertz CT molecular complexity index is 1430. The van der Waals surface area contributed by atoms with Crippen LogP contribution < -0.4 is 5.32 Å². The third-order valence-electron chi connectivity index (χ3n) is 6.40. The second-order valence-electron chi connectivity index (χ2n) is 8.94. The summed E-state index contributed by atoms with van der Waals surface area (Å²) in [5, 5.41) is 4.58. The summed E-state index contributed by atoms with van der Waals surface area (Å²) in [6, 6.07) is 18.3. The van der Waals surface area contributed by atoms with Crippen LogP contribution in [0.2, 0.25) is 0 Å². The standard InChI is InChI=1S/C29H26N4O3/c1-19-11-14-30-24(17-19)25-18-21(12-15-31-25)27(34)32-13-3-2-4-16-33-28(35)22-9-5-7-20-8-6-10-23(26(20)22)29(33)36/h5-12,14-15,17-18H,2-4,13,16H2,1H3,(H,32,34). The van der Waals surface area contributed by atoms with Crippen molar-refractivity contribution in [3.63, 3.8) is 0 Å². The molecule has 0 unspecified atom stereocenters. The molecule has 180 valence electrons. The number of benzene rings is 2. The van der Waals surface area contributed by atoms with Gasteiger partial charge in [-0.3, -0.25) is 29.3 Å². The van der Waals surface area contributed by atoms with Gasteiger partial charge in [0, 0.05) is 47.6 Å². The third kappa shape index (κ3) is 4.60. The minimum absolute atomic E-state index is 0.169. The minimum atomic E-state index is -0.241. The van der Waals surface area contributed by atoms with Gasteiger partial charge in [-0.25, -0.2) is 0 Å². The lowest BCUT2D eigenvalue weighted by atomic mass is 9.94. The van der Waals surface area contributed by atoms with E-state index >= 15 is 0 Å². The van der Waals surface area contributed by atoms with Gasteiger partial charge in [-0.2, -0.15) is 0 Å². The number of aromatic nitrogens is 2. The van der Waals surface area contributed by atoms with E-state index < -0.39 is 0 Å². The fourth-order valence-electron chi connectivity index (χ4n) is 4.55. The SMILES string of the molecule is Cc1ccnc(-c2cc(C(=O)NCCCCCN3C(=O)c4cccc5cccc(c45)C3=O)ccn2)c1. The summed E-state index contributed by atoms with van der Waals surface area (Å²) in [5.74, 6) is -0.652. The van der Waals surface area contributed by atoms with E-state index in [1.165, 1.54) is 4.90 Å². The van der Waals surface area contributed by atoms with E-state index in [1.807, 2.05) is 43.3 Å². The second-order valence-corrected chi connectivity index (χ2v) is 8.94. The highest BCUT2D eigenvalue weighted by Crippen LogP contribution is 2.30. The van der Waals surface area contributed by atoms with Gasteiger partial charge in [-0.05, 0) is 73.5 Å². The van der Waals surface area contributed by atoms with Crippen LogP contribution in [-0.2, 0) is 0 Å². The molecule has 2 aromatic carbocycles. The van der Waals surface area contributed by atoms with Crippen molar-refractivity contribution in [1.29, 1.82) is 0 Å². The van der Waals surface area contributed by atoms with Crippen molar-refractivity contribution in [1.82, 2.24) is 20.2 Å². The van der Waals surface area contributed by atoms with Crippen LogP contribution in [0.15, 0.2) is 73.1 Å². The summed E-state index contributed by atoms with van der Waals surface area (Å²) in [6.45, 7) is 2.84. The summed E-state index contributed by atoms with van der Waals surface area (Å²) in [6.07, 6.45) is 5.52. The summed E-state index contributed by atoms with van der Waals surface area (Å²) in [4.78, 5) is 48.6. The molecular weight excluding hydrogens is 452 g/mol. The Morgan fingerprint density at radius 2 is 1.50 bits per heavy atom. The molecule has 7 nitrogen and oxygen atoms in total. The Morgan fingerprint density at radius 1 is 0.833 bits per heavy atom. The number of unbranched alkanes of at least 4 members (excludes halogenated alkanes) is 2. The number of hydrogen-bond donors (Lipinski definition) is 1. The zero-order valence-electron chi connectivity index (χ0n) is 20.0. The van der Waals surface area contributed by atoms with Gasteiger partial charge in [0.2, 0.25) is 0 Å². The number of imide groups is 1. The second kappa shape index (κ2) is 10.1. The number of carbonyl (C=O) groups excluding carboxylic acids is 3. The molecule has 3 amide bonds. The fraction of sp³-hybridized carbons (Fsp3) is 0.207. The number of carbonyl (C=O) groups is 3. The van der Waals surface area contributed by atoms with Crippen molar-refractivity contribution in [2.24, 2.45) is 0 Å². The predicted octanol–water partition coefficient (Wildman–Crippen LogP) is 4.80. The van der Waals surface area contributed by atoms with Crippen LogP contribution in [0.25, 0.3) is 22.2 Å². The highest BCUT2D eigenvalue weighted by Gasteiger charge is 2.31. The Kier molecular flexibility index (Phi) is 6.54. The van der Waals surface area contributed by atoms with Crippen molar-refractivity contribution in [3.05, 3.63) is 95.3 Å². The van der Waals surface area contributed by atoms with Crippen molar-refractivity contribution < 1.29 is 14.4 Å². The quantitative estimate of drug-likeness (QED) is 0.290. The normalized spacial score (nSPS) is 12.8. The Hall–Kier alpha value is -4.39. The van der Waals surface area contributed by atoms with Crippen molar-refractivity contribution in [2.75, 3.05) is 13.1 Å². The van der Waals surface area contributed by atoms with E-state index in [0.717, 1.165) is 34.9 Å².